The van der Waals surface area contributed by atoms with Crippen molar-refractivity contribution in [3.8, 4) is 0 Å². The van der Waals surface area contributed by atoms with Crippen LogP contribution in [-0.4, -0.2) is 65.6 Å². The number of ether oxygens (including phenoxy) is 5. The molecule has 0 fully saturated rings. The summed E-state index contributed by atoms with van der Waals surface area (Å²) in [6.07, 6.45) is 2.98. The van der Waals surface area contributed by atoms with Crippen molar-refractivity contribution in [3.63, 3.8) is 0 Å². The third-order valence-electron chi connectivity index (χ3n) is 3.74. The Morgan fingerprint density at radius 3 is 1.95 bits per heavy atom. The summed E-state index contributed by atoms with van der Waals surface area (Å²) in [5, 5.41) is 0. The van der Waals surface area contributed by atoms with Gasteiger partial charge in [0.05, 0.1) is 37.1 Å². The van der Waals surface area contributed by atoms with Gasteiger partial charge in [-0.1, -0.05) is 0 Å². The topological polar surface area (TPSA) is 46.2 Å². The lowest BCUT2D eigenvalue weighted by atomic mass is 10.00. The highest BCUT2D eigenvalue weighted by Gasteiger charge is 2.23. The first-order valence-corrected chi connectivity index (χ1v) is 7.59. The van der Waals surface area contributed by atoms with Gasteiger partial charge in [0.15, 0.2) is 0 Å². The van der Waals surface area contributed by atoms with Gasteiger partial charge >= 0.3 is 0 Å². The van der Waals surface area contributed by atoms with E-state index in [9.17, 15) is 0 Å². The Kier molecular flexibility index (Phi) is 11.3. The summed E-state index contributed by atoms with van der Waals surface area (Å²) in [5.74, 6) is 0. The summed E-state index contributed by atoms with van der Waals surface area (Å²) >= 11 is 0. The van der Waals surface area contributed by atoms with Crippen LogP contribution in [0.15, 0.2) is 0 Å². The van der Waals surface area contributed by atoms with E-state index in [1.54, 1.807) is 28.4 Å². The molecule has 0 aromatic rings. The lowest BCUT2D eigenvalue weighted by molar-refractivity contribution is -0.0907. The molecule has 0 N–H and O–H groups in total. The van der Waals surface area contributed by atoms with Gasteiger partial charge in [-0.25, -0.2) is 0 Å². The highest BCUT2D eigenvalue weighted by molar-refractivity contribution is 4.73. The maximum atomic E-state index is 6.02. The molecule has 3 atom stereocenters. The van der Waals surface area contributed by atoms with E-state index in [1.807, 2.05) is 6.92 Å². The van der Waals surface area contributed by atoms with Crippen molar-refractivity contribution in [3.05, 3.63) is 0 Å². The molecule has 0 radical (unpaired) electrons. The predicted molar refractivity (Wildman–Crippen MR) is 83.8 cm³/mol. The van der Waals surface area contributed by atoms with Crippen molar-refractivity contribution in [2.24, 2.45) is 0 Å². The van der Waals surface area contributed by atoms with Crippen molar-refractivity contribution < 1.29 is 23.7 Å². The van der Waals surface area contributed by atoms with E-state index in [4.69, 9.17) is 23.7 Å². The highest BCUT2D eigenvalue weighted by atomic mass is 16.5. The number of methoxy groups -OCH3 is 4. The van der Waals surface area contributed by atoms with Crippen LogP contribution >= 0.6 is 0 Å². The van der Waals surface area contributed by atoms with Crippen molar-refractivity contribution >= 4 is 0 Å². The van der Waals surface area contributed by atoms with Gasteiger partial charge in [0.25, 0.3) is 0 Å². The van der Waals surface area contributed by atoms with E-state index < -0.39 is 0 Å². The zero-order valence-electron chi connectivity index (χ0n) is 14.8. The summed E-state index contributed by atoms with van der Waals surface area (Å²) in [7, 11) is 6.82. The number of hydrogen-bond acceptors (Lipinski definition) is 5. The Balaban J connectivity index is 4.14. The lowest BCUT2D eigenvalue weighted by Crippen LogP contribution is -2.33. The van der Waals surface area contributed by atoms with Gasteiger partial charge in [0, 0.05) is 34.9 Å². The second kappa shape index (κ2) is 11.4. The summed E-state index contributed by atoms with van der Waals surface area (Å²) in [6.45, 7) is 7.40. The Labute approximate surface area is 130 Å². The molecule has 0 spiro atoms. The molecule has 0 aromatic carbocycles. The minimum atomic E-state index is -0.211. The monoisotopic (exact) mass is 306 g/mol. The molecule has 0 aliphatic heterocycles. The molecular weight excluding hydrogens is 272 g/mol. The molecule has 0 heterocycles. The minimum Gasteiger partial charge on any atom is -0.382 e. The molecule has 5 heteroatoms. The van der Waals surface area contributed by atoms with Gasteiger partial charge in [-0.05, 0) is 33.6 Å². The maximum Gasteiger partial charge on any atom is 0.0829 e. The summed E-state index contributed by atoms with van der Waals surface area (Å²) in [5.41, 5.74) is -0.211. The molecule has 0 aromatic heterocycles. The van der Waals surface area contributed by atoms with E-state index in [1.165, 1.54) is 0 Å². The lowest BCUT2D eigenvalue weighted by Gasteiger charge is -2.29. The van der Waals surface area contributed by atoms with E-state index in [0.29, 0.717) is 13.2 Å². The van der Waals surface area contributed by atoms with Crippen LogP contribution < -0.4 is 0 Å². The summed E-state index contributed by atoms with van der Waals surface area (Å²) < 4.78 is 27.3. The largest absolute Gasteiger partial charge is 0.382 e. The molecular formula is C16H34O5. The van der Waals surface area contributed by atoms with Crippen LogP contribution in [0.2, 0.25) is 0 Å². The Morgan fingerprint density at radius 1 is 0.857 bits per heavy atom. The normalized spacial score (nSPS) is 16.7. The van der Waals surface area contributed by atoms with Gasteiger partial charge < -0.3 is 23.7 Å². The highest BCUT2D eigenvalue weighted by Crippen LogP contribution is 2.20. The van der Waals surface area contributed by atoms with Gasteiger partial charge in [0.1, 0.15) is 0 Å². The Hall–Kier alpha value is -0.200. The number of hydrogen-bond donors (Lipinski definition) is 0. The van der Waals surface area contributed by atoms with Crippen molar-refractivity contribution in [1.82, 2.24) is 0 Å². The molecule has 0 rings (SSSR count). The van der Waals surface area contributed by atoms with Crippen molar-refractivity contribution in [2.45, 2.75) is 63.9 Å². The standard InChI is InChI=1S/C16H34O5/c1-13(18-5)10-15(20-7)12-21-16(2,3)9-8-14(19-6)11-17-4/h13-15H,8-12H2,1-7H3. The second-order valence-electron chi connectivity index (χ2n) is 6.06. The fourth-order valence-corrected chi connectivity index (χ4v) is 2.05. The van der Waals surface area contributed by atoms with Crippen molar-refractivity contribution in [1.29, 1.82) is 0 Å². The van der Waals surface area contributed by atoms with Gasteiger partial charge in [0.2, 0.25) is 0 Å². The van der Waals surface area contributed by atoms with E-state index in [-0.39, 0.29) is 23.9 Å². The smallest absolute Gasteiger partial charge is 0.0829 e. The zero-order chi connectivity index (χ0) is 16.3. The second-order valence-corrected chi connectivity index (χ2v) is 6.06. The molecule has 5 nitrogen and oxygen atoms in total. The zero-order valence-corrected chi connectivity index (χ0v) is 14.8. The molecule has 0 bridgehead atoms. The van der Waals surface area contributed by atoms with E-state index in [0.717, 1.165) is 19.3 Å². The van der Waals surface area contributed by atoms with Crippen LogP contribution in [0.4, 0.5) is 0 Å². The molecule has 0 amide bonds. The average molecular weight is 306 g/mol. The first kappa shape index (κ1) is 20.8. The van der Waals surface area contributed by atoms with Crippen LogP contribution in [0.3, 0.4) is 0 Å². The van der Waals surface area contributed by atoms with Crippen LogP contribution in [0, 0.1) is 0 Å². The quantitative estimate of drug-likeness (QED) is 0.523. The third kappa shape index (κ3) is 10.2. The molecule has 0 aliphatic carbocycles. The molecule has 0 aliphatic rings. The van der Waals surface area contributed by atoms with Crippen LogP contribution in [-0.2, 0) is 23.7 Å². The van der Waals surface area contributed by atoms with E-state index in [2.05, 4.69) is 13.8 Å². The predicted octanol–water partition coefficient (Wildman–Crippen LogP) is 2.66. The first-order chi connectivity index (χ1) is 9.88. The maximum absolute atomic E-state index is 6.02. The van der Waals surface area contributed by atoms with Gasteiger partial charge in [-0.2, -0.15) is 0 Å². The molecule has 0 saturated heterocycles. The van der Waals surface area contributed by atoms with Crippen molar-refractivity contribution in [2.75, 3.05) is 41.7 Å². The van der Waals surface area contributed by atoms with Gasteiger partial charge in [-0.3, -0.25) is 0 Å². The summed E-state index contributed by atoms with van der Waals surface area (Å²) in [6, 6.07) is 0. The van der Waals surface area contributed by atoms with E-state index >= 15 is 0 Å². The molecule has 21 heavy (non-hydrogen) atoms. The van der Waals surface area contributed by atoms with Crippen LogP contribution in [0.5, 0.6) is 0 Å². The third-order valence-corrected chi connectivity index (χ3v) is 3.74. The average Bonchev–Trinajstić information content (AvgIpc) is 2.47. The SMILES string of the molecule is COCC(CCC(C)(C)OCC(CC(C)OC)OC)OC. The fraction of sp³-hybridized carbons (Fsp3) is 1.00. The molecule has 0 saturated carbocycles. The molecule has 128 valence electrons. The Bertz CT molecular complexity index is 245. The van der Waals surface area contributed by atoms with Crippen LogP contribution in [0.25, 0.3) is 0 Å². The number of rotatable bonds is 13. The Morgan fingerprint density at radius 2 is 1.48 bits per heavy atom. The summed E-state index contributed by atoms with van der Waals surface area (Å²) in [4.78, 5) is 0. The minimum absolute atomic E-state index is 0.0522. The first-order valence-electron chi connectivity index (χ1n) is 7.59. The van der Waals surface area contributed by atoms with Gasteiger partial charge in [-0.15, -0.1) is 0 Å². The van der Waals surface area contributed by atoms with Crippen LogP contribution in [0.1, 0.15) is 40.0 Å². The fourth-order valence-electron chi connectivity index (χ4n) is 2.05. The molecule has 3 unspecified atom stereocenters.